The summed E-state index contributed by atoms with van der Waals surface area (Å²) in [7, 11) is 0. The lowest BCUT2D eigenvalue weighted by Crippen LogP contribution is -2.40. The number of nitrogen functional groups attached to an aromatic ring is 1. The number of amides is 1. The Labute approximate surface area is 154 Å². The van der Waals surface area contributed by atoms with Crippen molar-refractivity contribution in [3.8, 4) is 0 Å². The average molecular weight is 350 g/mol. The van der Waals surface area contributed by atoms with Crippen molar-refractivity contribution >= 4 is 11.6 Å². The van der Waals surface area contributed by atoms with Gasteiger partial charge in [0, 0.05) is 12.3 Å². The number of fused-ring (bicyclic) bond motifs is 1. The minimum absolute atomic E-state index is 0.0743. The van der Waals surface area contributed by atoms with Crippen LogP contribution in [0.2, 0.25) is 0 Å². The van der Waals surface area contributed by atoms with Gasteiger partial charge in [0.2, 0.25) is 5.91 Å². The smallest absolute Gasteiger partial charge is 0.226 e. The Morgan fingerprint density at radius 3 is 2.77 bits per heavy atom. The number of nitrogens with two attached hydrogens (primary N) is 1. The third kappa shape index (κ3) is 3.47. The van der Waals surface area contributed by atoms with Gasteiger partial charge in [-0.15, -0.1) is 0 Å². The molecule has 3 unspecified atom stereocenters. The summed E-state index contributed by atoms with van der Waals surface area (Å²) in [5.41, 5.74) is 10.3. The van der Waals surface area contributed by atoms with Crippen LogP contribution < -0.4 is 11.1 Å². The molecule has 1 aliphatic carbocycles. The summed E-state index contributed by atoms with van der Waals surface area (Å²) >= 11 is 0. The molecule has 0 spiro atoms. The van der Waals surface area contributed by atoms with Gasteiger partial charge in [0.1, 0.15) is 0 Å². The number of hydrogen-bond acceptors (Lipinski definition) is 3. The zero-order chi connectivity index (χ0) is 17.9. The molecule has 1 saturated heterocycles. The lowest BCUT2D eigenvalue weighted by atomic mass is 9.85. The molecule has 0 radical (unpaired) electrons. The highest BCUT2D eigenvalue weighted by molar-refractivity contribution is 5.80. The van der Waals surface area contributed by atoms with Gasteiger partial charge in [0.25, 0.3) is 0 Å². The molecule has 0 bridgehead atoms. The van der Waals surface area contributed by atoms with Gasteiger partial charge >= 0.3 is 0 Å². The van der Waals surface area contributed by atoms with Crippen molar-refractivity contribution in [2.24, 2.45) is 5.92 Å². The normalized spacial score (nSPS) is 25.3. The molecule has 1 amide bonds. The largest absolute Gasteiger partial charge is 0.399 e. The molecule has 4 nitrogen and oxygen atoms in total. The minimum Gasteiger partial charge on any atom is -0.399 e. The van der Waals surface area contributed by atoms with E-state index in [1.807, 2.05) is 30.3 Å². The van der Waals surface area contributed by atoms with Crippen molar-refractivity contribution in [1.82, 2.24) is 5.32 Å². The van der Waals surface area contributed by atoms with Crippen LogP contribution in [0.4, 0.5) is 5.69 Å². The fraction of sp³-hybridized carbons (Fsp3) is 0.409. The number of carbonyl (C=O) groups excluding carboxylic acids is 1. The maximum atomic E-state index is 13.1. The van der Waals surface area contributed by atoms with E-state index in [1.54, 1.807) is 0 Å². The van der Waals surface area contributed by atoms with Crippen LogP contribution in [-0.4, -0.2) is 12.5 Å². The Bertz CT molecular complexity index is 775. The SMILES string of the molecule is Nc1ccc2c(c1)CCCC2NC(=O)C1CCCOC1c1ccccc1. The summed E-state index contributed by atoms with van der Waals surface area (Å²) in [6.45, 7) is 0.717. The molecule has 4 rings (SSSR count). The van der Waals surface area contributed by atoms with Crippen LogP contribution in [-0.2, 0) is 16.0 Å². The molecule has 1 aliphatic heterocycles. The van der Waals surface area contributed by atoms with Crippen molar-refractivity contribution < 1.29 is 9.53 Å². The van der Waals surface area contributed by atoms with Crippen molar-refractivity contribution in [2.45, 2.75) is 44.2 Å². The van der Waals surface area contributed by atoms with Gasteiger partial charge in [-0.05, 0) is 60.9 Å². The zero-order valence-electron chi connectivity index (χ0n) is 15.0. The van der Waals surface area contributed by atoms with E-state index < -0.39 is 0 Å². The molecular weight excluding hydrogens is 324 g/mol. The predicted octanol–water partition coefficient (Wildman–Crippen LogP) is 3.93. The number of ether oxygens (including phenoxy) is 1. The van der Waals surface area contributed by atoms with Crippen molar-refractivity contribution in [3.05, 3.63) is 65.2 Å². The highest BCUT2D eigenvalue weighted by Crippen LogP contribution is 2.36. The van der Waals surface area contributed by atoms with Crippen LogP contribution >= 0.6 is 0 Å². The van der Waals surface area contributed by atoms with E-state index in [0.717, 1.165) is 50.0 Å². The number of aryl methyl sites for hydroxylation is 1. The maximum Gasteiger partial charge on any atom is 0.226 e. The Balaban J connectivity index is 1.52. The second-order valence-electron chi connectivity index (χ2n) is 7.36. The van der Waals surface area contributed by atoms with Crippen LogP contribution in [0, 0.1) is 5.92 Å². The number of anilines is 1. The number of hydrogen-bond donors (Lipinski definition) is 2. The van der Waals surface area contributed by atoms with Crippen LogP contribution in [0.5, 0.6) is 0 Å². The summed E-state index contributed by atoms with van der Waals surface area (Å²) in [5.74, 6) is -0.0291. The first-order chi connectivity index (χ1) is 12.7. The number of carbonyl (C=O) groups is 1. The molecule has 3 atom stereocenters. The highest BCUT2D eigenvalue weighted by atomic mass is 16.5. The van der Waals surface area contributed by atoms with E-state index in [2.05, 4.69) is 23.5 Å². The summed E-state index contributed by atoms with van der Waals surface area (Å²) in [6, 6.07) is 16.2. The second kappa shape index (κ2) is 7.50. The van der Waals surface area contributed by atoms with E-state index in [-0.39, 0.29) is 24.0 Å². The Morgan fingerprint density at radius 1 is 1.08 bits per heavy atom. The van der Waals surface area contributed by atoms with Gasteiger partial charge in [-0.25, -0.2) is 0 Å². The summed E-state index contributed by atoms with van der Waals surface area (Å²) in [4.78, 5) is 13.1. The van der Waals surface area contributed by atoms with E-state index in [0.29, 0.717) is 0 Å². The fourth-order valence-electron chi connectivity index (χ4n) is 4.28. The van der Waals surface area contributed by atoms with E-state index in [1.165, 1.54) is 11.1 Å². The number of rotatable bonds is 3. The molecule has 1 fully saturated rings. The van der Waals surface area contributed by atoms with Gasteiger partial charge in [-0.3, -0.25) is 4.79 Å². The highest BCUT2D eigenvalue weighted by Gasteiger charge is 2.34. The molecule has 3 N–H and O–H groups in total. The lowest BCUT2D eigenvalue weighted by Gasteiger charge is -2.34. The topological polar surface area (TPSA) is 64.3 Å². The number of benzene rings is 2. The van der Waals surface area contributed by atoms with E-state index >= 15 is 0 Å². The van der Waals surface area contributed by atoms with E-state index in [4.69, 9.17) is 10.5 Å². The standard InChI is InChI=1S/C22H26N2O2/c23-17-11-12-18-16(14-17)8-4-10-20(18)24-22(25)19-9-5-13-26-21(19)15-6-2-1-3-7-15/h1-3,6-7,11-12,14,19-21H,4-5,8-10,13,23H2,(H,24,25). The molecule has 1 heterocycles. The van der Waals surface area contributed by atoms with Crippen LogP contribution in [0.3, 0.4) is 0 Å². The van der Waals surface area contributed by atoms with Gasteiger partial charge in [-0.1, -0.05) is 36.4 Å². The summed E-state index contributed by atoms with van der Waals surface area (Å²) in [6.07, 6.45) is 4.73. The van der Waals surface area contributed by atoms with Crippen LogP contribution in [0.1, 0.15) is 54.5 Å². The Morgan fingerprint density at radius 2 is 1.92 bits per heavy atom. The molecule has 0 aromatic heterocycles. The van der Waals surface area contributed by atoms with Crippen molar-refractivity contribution in [1.29, 1.82) is 0 Å². The van der Waals surface area contributed by atoms with E-state index in [9.17, 15) is 4.79 Å². The predicted molar refractivity (Wildman–Crippen MR) is 103 cm³/mol. The molecular formula is C22H26N2O2. The average Bonchev–Trinajstić information content (AvgIpc) is 2.68. The summed E-state index contributed by atoms with van der Waals surface area (Å²) < 4.78 is 5.99. The lowest BCUT2D eigenvalue weighted by molar-refractivity contribution is -0.135. The first-order valence-electron chi connectivity index (χ1n) is 9.57. The molecule has 2 aromatic carbocycles. The van der Waals surface area contributed by atoms with Crippen molar-refractivity contribution in [3.63, 3.8) is 0 Å². The molecule has 2 aromatic rings. The number of nitrogens with one attached hydrogen (secondary N) is 1. The monoisotopic (exact) mass is 350 g/mol. The minimum atomic E-state index is -0.153. The van der Waals surface area contributed by atoms with Gasteiger partial charge in [0.15, 0.2) is 0 Å². The second-order valence-corrected chi connectivity index (χ2v) is 7.36. The molecule has 4 heteroatoms. The van der Waals surface area contributed by atoms with Crippen molar-refractivity contribution in [2.75, 3.05) is 12.3 Å². The molecule has 0 saturated carbocycles. The third-order valence-electron chi connectivity index (χ3n) is 5.59. The van der Waals surface area contributed by atoms with Gasteiger partial charge < -0.3 is 15.8 Å². The first-order valence-corrected chi connectivity index (χ1v) is 9.57. The van der Waals surface area contributed by atoms with Crippen LogP contribution in [0.25, 0.3) is 0 Å². The van der Waals surface area contributed by atoms with Gasteiger partial charge in [-0.2, -0.15) is 0 Å². The maximum absolute atomic E-state index is 13.1. The molecule has 26 heavy (non-hydrogen) atoms. The quantitative estimate of drug-likeness (QED) is 0.825. The zero-order valence-corrected chi connectivity index (χ0v) is 15.0. The summed E-state index contributed by atoms with van der Waals surface area (Å²) in [5, 5.41) is 3.30. The Kier molecular flexibility index (Phi) is 4.93. The third-order valence-corrected chi connectivity index (χ3v) is 5.59. The van der Waals surface area contributed by atoms with Crippen LogP contribution in [0.15, 0.2) is 48.5 Å². The first kappa shape index (κ1) is 17.1. The molecule has 2 aliphatic rings. The van der Waals surface area contributed by atoms with Gasteiger partial charge in [0.05, 0.1) is 18.1 Å². The Hall–Kier alpha value is -2.33. The molecule has 136 valence electrons. The fourth-order valence-corrected chi connectivity index (χ4v) is 4.28.